The maximum Gasteiger partial charge on any atom is 0.213 e. The molecule has 0 unspecified atom stereocenters. The summed E-state index contributed by atoms with van der Waals surface area (Å²) < 4.78 is 3.21. The molecular weight excluding hydrogens is 278 g/mol. The lowest BCUT2D eigenvalue weighted by Gasteiger charge is -1.96. The van der Waals surface area contributed by atoms with Crippen LogP contribution < -0.4 is 0 Å². The lowest BCUT2D eigenvalue weighted by atomic mass is 10.3. The Kier molecular flexibility index (Phi) is 1.69. The van der Waals surface area contributed by atoms with Gasteiger partial charge in [0.05, 0.1) is 22.1 Å². The fourth-order valence-corrected chi connectivity index (χ4v) is 2.83. The van der Waals surface area contributed by atoms with E-state index in [-0.39, 0.29) is 0 Å². The van der Waals surface area contributed by atoms with Crippen molar-refractivity contribution >= 4 is 43.8 Å². The highest BCUT2D eigenvalue weighted by Crippen LogP contribution is 2.28. The molecule has 0 radical (unpaired) electrons. The molecular formula is C13H8BrN3. The average Bonchev–Trinajstić information content (AvgIpc) is 2.84. The second kappa shape index (κ2) is 3.11. The van der Waals surface area contributed by atoms with Crippen molar-refractivity contribution in [3.8, 4) is 0 Å². The summed E-state index contributed by atoms with van der Waals surface area (Å²) in [4.78, 5) is 7.92. The van der Waals surface area contributed by atoms with Crippen molar-refractivity contribution in [2.45, 2.75) is 0 Å². The summed E-state index contributed by atoms with van der Waals surface area (Å²) >= 11 is 3.59. The summed E-state index contributed by atoms with van der Waals surface area (Å²) in [6.07, 6.45) is 0. The van der Waals surface area contributed by atoms with E-state index in [4.69, 9.17) is 0 Å². The summed E-state index contributed by atoms with van der Waals surface area (Å²) in [6.45, 7) is 0. The summed E-state index contributed by atoms with van der Waals surface area (Å²) in [7, 11) is 0. The van der Waals surface area contributed by atoms with Crippen LogP contribution in [0, 0.1) is 0 Å². The number of aromatic amines is 1. The van der Waals surface area contributed by atoms with E-state index in [0.29, 0.717) is 0 Å². The smallest absolute Gasteiger partial charge is 0.213 e. The number of hydrogen-bond acceptors (Lipinski definition) is 1. The number of H-pyrrole nitrogens is 1. The number of aromatic nitrogens is 3. The van der Waals surface area contributed by atoms with E-state index in [0.717, 1.165) is 32.3 Å². The van der Waals surface area contributed by atoms with Crippen LogP contribution in [-0.4, -0.2) is 14.4 Å². The molecule has 0 aliphatic carbocycles. The van der Waals surface area contributed by atoms with Crippen molar-refractivity contribution in [1.82, 2.24) is 14.4 Å². The molecule has 2 aromatic heterocycles. The number of imidazole rings is 2. The SMILES string of the molecule is Brc1cccc2nc3[nH]c4ccccc4n3c12. The zero-order valence-electron chi connectivity index (χ0n) is 8.81. The first-order valence-electron chi connectivity index (χ1n) is 5.38. The molecule has 0 spiro atoms. The van der Waals surface area contributed by atoms with Crippen LogP contribution in [0.3, 0.4) is 0 Å². The van der Waals surface area contributed by atoms with Gasteiger partial charge in [-0.3, -0.25) is 4.40 Å². The third-order valence-corrected chi connectivity index (χ3v) is 3.66. The van der Waals surface area contributed by atoms with E-state index in [2.05, 4.69) is 42.4 Å². The molecule has 4 aromatic rings. The van der Waals surface area contributed by atoms with E-state index in [1.54, 1.807) is 0 Å². The van der Waals surface area contributed by atoms with Gasteiger partial charge in [0.2, 0.25) is 5.78 Å². The fourth-order valence-electron chi connectivity index (χ4n) is 2.30. The Morgan fingerprint density at radius 2 is 1.94 bits per heavy atom. The quantitative estimate of drug-likeness (QED) is 0.525. The number of para-hydroxylation sites is 3. The van der Waals surface area contributed by atoms with Crippen LogP contribution in [0.25, 0.3) is 27.8 Å². The highest BCUT2D eigenvalue weighted by atomic mass is 79.9. The largest absolute Gasteiger partial charge is 0.323 e. The minimum atomic E-state index is 0.883. The fraction of sp³-hybridized carbons (Fsp3) is 0. The number of hydrogen-bond donors (Lipinski definition) is 1. The molecule has 3 nitrogen and oxygen atoms in total. The average molecular weight is 286 g/mol. The molecule has 2 aromatic carbocycles. The maximum atomic E-state index is 4.59. The summed E-state index contributed by atoms with van der Waals surface area (Å²) in [5.41, 5.74) is 4.36. The highest BCUT2D eigenvalue weighted by molar-refractivity contribution is 9.10. The molecule has 0 bridgehead atoms. The van der Waals surface area contributed by atoms with Gasteiger partial charge in [0.1, 0.15) is 0 Å². The van der Waals surface area contributed by atoms with Crippen molar-refractivity contribution in [3.63, 3.8) is 0 Å². The van der Waals surface area contributed by atoms with Crippen LogP contribution in [0.4, 0.5) is 0 Å². The lowest BCUT2D eigenvalue weighted by Crippen LogP contribution is -1.80. The van der Waals surface area contributed by atoms with Gasteiger partial charge in [-0.15, -0.1) is 0 Å². The van der Waals surface area contributed by atoms with Crippen LogP contribution in [-0.2, 0) is 0 Å². The number of nitrogens with zero attached hydrogens (tertiary/aromatic N) is 2. The molecule has 17 heavy (non-hydrogen) atoms. The topological polar surface area (TPSA) is 33.1 Å². The number of rotatable bonds is 0. The first-order chi connectivity index (χ1) is 8.34. The monoisotopic (exact) mass is 285 g/mol. The third kappa shape index (κ3) is 1.13. The third-order valence-electron chi connectivity index (χ3n) is 3.02. The minimum absolute atomic E-state index is 0.883. The Balaban J connectivity index is 2.39. The second-order valence-electron chi connectivity index (χ2n) is 4.02. The standard InChI is InChI=1S/C13H8BrN3/c14-8-4-3-6-10-12(8)17-11-7-2-1-5-9(11)15-13(17)16-10/h1-7H,(H,15,16). The molecule has 0 aliphatic rings. The van der Waals surface area contributed by atoms with Crippen LogP contribution in [0.5, 0.6) is 0 Å². The normalized spacial score (nSPS) is 11.8. The van der Waals surface area contributed by atoms with E-state index in [1.165, 1.54) is 0 Å². The maximum absolute atomic E-state index is 4.59. The van der Waals surface area contributed by atoms with Crippen LogP contribution >= 0.6 is 15.9 Å². The van der Waals surface area contributed by atoms with Crippen molar-refractivity contribution in [1.29, 1.82) is 0 Å². The summed E-state index contributed by atoms with van der Waals surface area (Å²) in [6, 6.07) is 14.3. The van der Waals surface area contributed by atoms with E-state index >= 15 is 0 Å². The predicted molar refractivity (Wildman–Crippen MR) is 72.3 cm³/mol. The first-order valence-corrected chi connectivity index (χ1v) is 6.17. The minimum Gasteiger partial charge on any atom is -0.323 e. The molecule has 2 heterocycles. The molecule has 0 saturated carbocycles. The molecule has 0 amide bonds. The zero-order chi connectivity index (χ0) is 11.4. The van der Waals surface area contributed by atoms with Gasteiger partial charge < -0.3 is 4.98 Å². The van der Waals surface area contributed by atoms with E-state index < -0.39 is 0 Å². The van der Waals surface area contributed by atoms with Gasteiger partial charge in [0.25, 0.3) is 0 Å². The van der Waals surface area contributed by atoms with E-state index in [9.17, 15) is 0 Å². The Morgan fingerprint density at radius 3 is 2.88 bits per heavy atom. The van der Waals surface area contributed by atoms with Gasteiger partial charge in [-0.25, -0.2) is 4.98 Å². The molecule has 1 N–H and O–H groups in total. The van der Waals surface area contributed by atoms with Gasteiger partial charge in [0.15, 0.2) is 0 Å². The first kappa shape index (κ1) is 9.24. The van der Waals surface area contributed by atoms with Crippen molar-refractivity contribution in [3.05, 3.63) is 46.9 Å². The number of halogens is 1. The zero-order valence-corrected chi connectivity index (χ0v) is 10.4. The molecule has 4 heteroatoms. The molecule has 0 atom stereocenters. The Hall–Kier alpha value is -1.81. The van der Waals surface area contributed by atoms with Crippen molar-refractivity contribution in [2.24, 2.45) is 0 Å². The Bertz CT molecular complexity index is 857. The van der Waals surface area contributed by atoms with Crippen molar-refractivity contribution in [2.75, 3.05) is 0 Å². The van der Waals surface area contributed by atoms with Gasteiger partial charge >= 0.3 is 0 Å². The van der Waals surface area contributed by atoms with Crippen LogP contribution in [0.1, 0.15) is 0 Å². The lowest BCUT2D eigenvalue weighted by molar-refractivity contribution is 1.27. The van der Waals surface area contributed by atoms with Crippen molar-refractivity contribution < 1.29 is 0 Å². The molecule has 0 fully saturated rings. The Labute approximate surface area is 105 Å². The highest BCUT2D eigenvalue weighted by Gasteiger charge is 2.11. The Morgan fingerprint density at radius 1 is 1.06 bits per heavy atom. The second-order valence-corrected chi connectivity index (χ2v) is 4.87. The number of benzene rings is 2. The van der Waals surface area contributed by atoms with Crippen LogP contribution in [0.2, 0.25) is 0 Å². The van der Waals surface area contributed by atoms with Gasteiger partial charge in [0, 0.05) is 4.47 Å². The summed E-state index contributed by atoms with van der Waals surface area (Å²) in [5.74, 6) is 0.883. The van der Waals surface area contributed by atoms with Gasteiger partial charge in [-0.05, 0) is 40.2 Å². The van der Waals surface area contributed by atoms with Gasteiger partial charge in [-0.2, -0.15) is 0 Å². The van der Waals surface area contributed by atoms with E-state index in [1.807, 2.05) is 30.3 Å². The number of fused-ring (bicyclic) bond motifs is 5. The number of nitrogens with one attached hydrogen (secondary N) is 1. The predicted octanol–water partition coefficient (Wildman–Crippen LogP) is 3.73. The van der Waals surface area contributed by atoms with Crippen LogP contribution in [0.15, 0.2) is 46.9 Å². The molecule has 4 rings (SSSR count). The molecule has 0 saturated heterocycles. The van der Waals surface area contributed by atoms with Gasteiger partial charge in [-0.1, -0.05) is 18.2 Å². The molecule has 82 valence electrons. The molecule has 0 aliphatic heterocycles. The summed E-state index contributed by atoms with van der Waals surface area (Å²) in [5, 5.41) is 0.